The van der Waals surface area contributed by atoms with Gasteiger partial charge in [0.15, 0.2) is 0 Å². The Morgan fingerprint density at radius 2 is 1.74 bits per heavy atom. The van der Waals surface area contributed by atoms with Crippen molar-refractivity contribution in [3.8, 4) is 22.7 Å². The maximum absolute atomic E-state index is 9.25. The number of rotatable bonds is 12. The molecular weight excluding hydrogens is 928 g/mol. The average Bonchev–Trinajstić information content (AvgIpc) is 4.00. The molecule has 0 spiro atoms. The second-order valence-electron chi connectivity index (χ2n) is 15.7. The van der Waals surface area contributed by atoms with Crippen molar-refractivity contribution in [2.24, 2.45) is 5.89 Å². The number of hydrogen-bond acceptors (Lipinski definition) is 4. The molecule has 6 heteroatoms. The molecule has 0 fully saturated rings. The number of ether oxygens (including phenoxy) is 1. The number of benzene rings is 6. The van der Waals surface area contributed by atoms with Gasteiger partial charge in [-0.25, -0.2) is 4.98 Å². The van der Waals surface area contributed by atoms with Gasteiger partial charge in [-0.15, -0.1) is 28.8 Å². The Morgan fingerprint density at radius 1 is 0.902 bits per heavy atom. The molecule has 6 aromatic carbocycles. The number of pyridine rings is 1. The summed E-state index contributed by atoms with van der Waals surface area (Å²) in [5.41, 5.74) is 3.75. The Kier molecular flexibility index (Phi) is 7.56. The van der Waals surface area contributed by atoms with E-state index in [4.69, 9.17) is 30.3 Å². The van der Waals surface area contributed by atoms with E-state index < -0.39 is 68.6 Å². The van der Waals surface area contributed by atoms with E-state index in [0.29, 0.717) is 28.4 Å². The van der Waals surface area contributed by atoms with Gasteiger partial charge >= 0.3 is 0 Å². The van der Waals surface area contributed by atoms with E-state index in [0.717, 1.165) is 39.3 Å². The molecule has 0 bridgehead atoms. The number of aryl methyl sites for hydroxylation is 1. The van der Waals surface area contributed by atoms with Gasteiger partial charge < -0.3 is 19.1 Å². The van der Waals surface area contributed by atoms with E-state index in [1.807, 2.05) is 54.7 Å². The van der Waals surface area contributed by atoms with Gasteiger partial charge in [0.2, 0.25) is 0 Å². The molecular formula is C55H53N4OPt-3. The van der Waals surface area contributed by atoms with Crippen LogP contribution < -0.4 is 14.5 Å². The molecule has 5 nitrogen and oxygen atoms in total. The molecule has 0 unspecified atom stereocenters. The minimum absolute atomic E-state index is 0. The van der Waals surface area contributed by atoms with Crippen molar-refractivity contribution in [1.29, 1.82) is 0 Å². The normalized spacial score (nSPS) is 17.7. The van der Waals surface area contributed by atoms with Crippen LogP contribution >= 0.6 is 0 Å². The summed E-state index contributed by atoms with van der Waals surface area (Å²) in [6, 6.07) is 33.8. The smallest absolute Gasteiger partial charge is 0.135 e. The van der Waals surface area contributed by atoms with E-state index in [-0.39, 0.29) is 74.7 Å². The third-order valence-corrected chi connectivity index (χ3v) is 10.7. The van der Waals surface area contributed by atoms with Crippen LogP contribution in [0.3, 0.4) is 0 Å². The minimum Gasteiger partial charge on any atom is -0.517 e. The third-order valence-electron chi connectivity index (χ3n) is 10.7. The number of nitrogens with zero attached hydrogens (tertiary/aromatic N) is 4. The fourth-order valence-electron chi connectivity index (χ4n) is 7.89. The summed E-state index contributed by atoms with van der Waals surface area (Å²) in [6.45, 7) is -1.75. The van der Waals surface area contributed by atoms with Gasteiger partial charge in [-0.1, -0.05) is 119 Å². The maximum atomic E-state index is 9.25. The summed E-state index contributed by atoms with van der Waals surface area (Å²) in [5.74, 6) is -2.51. The van der Waals surface area contributed by atoms with Crippen molar-refractivity contribution in [2.45, 2.75) is 72.6 Å². The van der Waals surface area contributed by atoms with Crippen molar-refractivity contribution in [3.05, 3.63) is 186 Å². The van der Waals surface area contributed by atoms with Gasteiger partial charge in [0.1, 0.15) is 5.82 Å². The van der Waals surface area contributed by atoms with E-state index >= 15 is 0 Å². The topological polar surface area (TPSA) is 33.5 Å². The van der Waals surface area contributed by atoms with Crippen LogP contribution in [0.2, 0.25) is 0 Å². The Morgan fingerprint density at radius 3 is 2.57 bits per heavy atom. The van der Waals surface area contributed by atoms with Crippen molar-refractivity contribution >= 4 is 38.9 Å². The van der Waals surface area contributed by atoms with Gasteiger partial charge in [-0.2, -0.15) is 37.0 Å². The number of hydrogen-bond donors (Lipinski definition) is 0. The van der Waals surface area contributed by atoms with Crippen LogP contribution in [-0.2, 0) is 45.9 Å². The Labute approximate surface area is 400 Å². The predicted molar refractivity (Wildman–Crippen MR) is 249 cm³/mol. The minimum atomic E-state index is -3.74. The first kappa shape index (κ1) is 26.0. The molecule has 2 aromatic heterocycles. The molecule has 61 heavy (non-hydrogen) atoms. The zero-order chi connectivity index (χ0) is 55.9. The summed E-state index contributed by atoms with van der Waals surface area (Å²) in [4.78, 5) is 8.24. The zero-order valence-electron chi connectivity index (χ0n) is 50.8. The first-order chi connectivity index (χ1) is 36.0. The number of fused-ring (bicyclic) bond motifs is 4. The molecule has 0 radical (unpaired) electrons. The van der Waals surface area contributed by atoms with Gasteiger partial charge in [0, 0.05) is 66.4 Å². The van der Waals surface area contributed by atoms with Crippen LogP contribution in [0, 0.1) is 31.5 Å². The van der Waals surface area contributed by atoms with Crippen LogP contribution in [0.5, 0.6) is 5.75 Å². The summed E-state index contributed by atoms with van der Waals surface area (Å²) < 4.78 is 153. The second-order valence-corrected chi connectivity index (χ2v) is 15.7. The van der Waals surface area contributed by atoms with Crippen molar-refractivity contribution in [2.75, 3.05) is 16.3 Å². The first-order valence-corrected chi connectivity index (χ1v) is 19.8. The summed E-state index contributed by atoms with van der Waals surface area (Å²) in [5, 5.41) is 2.01. The molecule has 8 aromatic rings. The van der Waals surface area contributed by atoms with E-state index in [1.165, 1.54) is 18.2 Å². The van der Waals surface area contributed by atoms with Crippen molar-refractivity contribution in [3.63, 3.8) is 0 Å². The quantitative estimate of drug-likeness (QED) is 0.114. The molecule has 0 saturated carbocycles. The van der Waals surface area contributed by atoms with Crippen LogP contribution in [0.15, 0.2) is 140 Å². The number of aromatic nitrogens is 2. The van der Waals surface area contributed by atoms with Crippen LogP contribution in [0.25, 0.3) is 38.8 Å². The summed E-state index contributed by atoms with van der Waals surface area (Å²) in [6.07, 6.45) is -1.83. The van der Waals surface area contributed by atoms with Crippen molar-refractivity contribution in [1.82, 2.24) is 9.55 Å². The molecule has 0 amide bonds. The van der Waals surface area contributed by atoms with E-state index in [2.05, 4.69) is 49.6 Å². The predicted octanol–water partition coefficient (Wildman–Crippen LogP) is 13.5. The molecule has 1 aliphatic heterocycles. The molecule has 1 aliphatic rings. The van der Waals surface area contributed by atoms with Gasteiger partial charge in [-0.3, -0.25) is 0 Å². The van der Waals surface area contributed by atoms with E-state index in [1.54, 1.807) is 34.7 Å². The fourth-order valence-corrected chi connectivity index (χ4v) is 7.89. The Bertz CT molecular complexity index is 3540. The molecule has 0 N–H and O–H groups in total. The van der Waals surface area contributed by atoms with Gasteiger partial charge in [-0.05, 0) is 107 Å². The number of anilines is 3. The van der Waals surface area contributed by atoms with Crippen LogP contribution in [-0.4, -0.2) is 16.1 Å². The Balaban J connectivity index is 0.00000803. The third kappa shape index (κ3) is 8.64. The molecule has 312 valence electrons. The number of para-hydroxylation sites is 2. The van der Waals surface area contributed by atoms with Crippen LogP contribution in [0.1, 0.15) is 92.0 Å². The summed E-state index contributed by atoms with van der Waals surface area (Å²) in [7, 11) is 0. The standard InChI is InChI=1S/C55H53N4O.Pt/c1-38(2)32-42-20-14-23-46(41-18-8-7-9-19-41)47(42)24-15-31-57-37-58(51-26-12-16-39(3)54(51)57)44-21-13-17-40(33-44)36-60-45-27-28-49-48-22-10-11-25-50(48)59(52(49)35-45)53-34-43(29-30-56-53)55(4,5)6;/h7-14,16-23,25-30,34,37-38H,15,24,31-32,36H2,1-6H3;/q-3;/i1D3,2D3,3D3,7D,8D,9D,18D,19D,32D2,38D;. The monoisotopic (exact) mass is 997 g/mol. The summed E-state index contributed by atoms with van der Waals surface area (Å²) >= 11 is 0. The average molecular weight is 998 g/mol. The van der Waals surface area contributed by atoms with Gasteiger partial charge in [0.25, 0.3) is 0 Å². The Hall–Kier alpha value is -5.64. The molecule has 0 atom stereocenters. The van der Waals surface area contributed by atoms with Crippen LogP contribution in [0.4, 0.5) is 17.1 Å². The molecule has 0 aliphatic carbocycles. The van der Waals surface area contributed by atoms with Gasteiger partial charge in [0.05, 0.1) is 13.5 Å². The molecule has 0 saturated heterocycles. The molecule has 9 rings (SSSR count). The SMILES string of the molecule is [2H]c1c([2H])c([2H])c(-c2cccc(C([2H])([2H])C([2H])(C([2H])([2H])[2H])C([2H])([2H])[2H])c2CCCN2[CH-]N(c3[c-]c(COc4[c-]c5c(cc4)c4ccccc4n5-c4cc(C(C)(C)C)ccn4)ccc3)c3cccc(C([2H])([2H])[2H])c32)c([2H])c1[2H].[Pt]. The second kappa shape index (κ2) is 17.8. The zero-order valence-corrected chi connectivity index (χ0v) is 36.1. The largest absolute Gasteiger partial charge is 0.517 e. The van der Waals surface area contributed by atoms with E-state index in [9.17, 15) is 2.74 Å². The first-order valence-electron chi connectivity index (χ1n) is 28.3. The van der Waals surface area contributed by atoms with Crippen molar-refractivity contribution < 1.29 is 49.1 Å². The fraction of sp³-hybridized carbons (Fsp3) is 0.236. The molecule has 3 heterocycles. The maximum Gasteiger partial charge on any atom is 0.135 e.